The molecule has 0 spiro atoms. The van der Waals surface area contributed by atoms with Crippen molar-refractivity contribution < 1.29 is 14.3 Å². The average molecular weight is 159 g/mol. The van der Waals surface area contributed by atoms with Gasteiger partial charge in [0.15, 0.2) is 0 Å². The summed E-state index contributed by atoms with van der Waals surface area (Å²) in [4.78, 5) is 21.0. The summed E-state index contributed by atoms with van der Waals surface area (Å²) < 4.78 is 4.22. The van der Waals surface area contributed by atoms with E-state index >= 15 is 0 Å². The third-order valence-electron chi connectivity index (χ3n) is 1.14. The highest BCUT2D eigenvalue weighted by molar-refractivity contribution is 7.78. The van der Waals surface area contributed by atoms with Crippen LogP contribution >= 0.6 is 12.2 Å². The van der Waals surface area contributed by atoms with Crippen LogP contribution in [-0.4, -0.2) is 23.5 Å². The highest BCUT2D eigenvalue weighted by atomic mass is 32.1. The van der Waals surface area contributed by atoms with Crippen LogP contribution in [0, 0.1) is 0 Å². The summed E-state index contributed by atoms with van der Waals surface area (Å²) in [6.07, 6.45) is 0.0754. The predicted molar refractivity (Wildman–Crippen MR) is 36.3 cm³/mol. The lowest BCUT2D eigenvalue weighted by atomic mass is 10.2. The molecule has 10 heavy (non-hydrogen) atoms. The Morgan fingerprint density at radius 2 is 2.40 bits per heavy atom. The van der Waals surface area contributed by atoms with Gasteiger partial charge in [-0.3, -0.25) is 4.79 Å². The van der Waals surface area contributed by atoms with Crippen molar-refractivity contribution in [2.45, 2.75) is 12.5 Å². The molecule has 0 bridgehead atoms. The first kappa shape index (κ1) is 7.14. The van der Waals surface area contributed by atoms with Crippen molar-refractivity contribution in [2.75, 3.05) is 0 Å². The molecule has 0 saturated carbocycles. The van der Waals surface area contributed by atoms with Crippen LogP contribution in [0.15, 0.2) is 0 Å². The molecule has 0 aliphatic carbocycles. The summed E-state index contributed by atoms with van der Waals surface area (Å²) in [6, 6.07) is -0.565. The molecule has 54 valence electrons. The fraction of sp³-hybridized carbons (Fsp3) is 0.400. The standard InChI is InChI=1S/C5H5NO3S/c7-4-1-3(6-2-10)5(8)9-4/h2-3H,1H2,(H,6,10)/t3-/m0/s1. The Morgan fingerprint density at radius 1 is 1.70 bits per heavy atom. The molecule has 1 fully saturated rings. The Hall–Kier alpha value is -0.970. The maximum atomic E-state index is 10.6. The minimum absolute atomic E-state index is 0.0754. The number of hydrogen-bond acceptors (Lipinski definition) is 4. The summed E-state index contributed by atoms with van der Waals surface area (Å²) in [7, 11) is 0. The van der Waals surface area contributed by atoms with Crippen LogP contribution in [0.4, 0.5) is 0 Å². The quantitative estimate of drug-likeness (QED) is 0.330. The Labute approximate surface area is 62.5 Å². The first-order valence-electron chi connectivity index (χ1n) is 2.68. The van der Waals surface area contributed by atoms with E-state index in [9.17, 15) is 9.59 Å². The van der Waals surface area contributed by atoms with E-state index in [0.717, 1.165) is 0 Å². The molecule has 0 aromatic rings. The SMILES string of the molecule is O=C1C[C@H](NC=S)C(=O)O1. The molecule has 0 amide bonds. The number of carbonyl (C=O) groups is 2. The van der Waals surface area contributed by atoms with E-state index in [-0.39, 0.29) is 6.42 Å². The number of cyclic esters (lactones) is 2. The summed E-state index contributed by atoms with van der Waals surface area (Å²) >= 11 is 4.43. The molecule has 1 aliphatic heterocycles. The van der Waals surface area contributed by atoms with Gasteiger partial charge in [0.1, 0.15) is 6.04 Å². The van der Waals surface area contributed by atoms with Crippen molar-refractivity contribution >= 4 is 29.6 Å². The second kappa shape index (κ2) is 2.74. The second-order valence-electron chi connectivity index (χ2n) is 1.83. The van der Waals surface area contributed by atoms with Crippen LogP contribution in [0.5, 0.6) is 0 Å². The first-order chi connectivity index (χ1) is 4.74. The average Bonchev–Trinajstić information content (AvgIpc) is 2.13. The van der Waals surface area contributed by atoms with Gasteiger partial charge in [-0.25, -0.2) is 4.79 Å². The molecule has 1 N–H and O–H groups in total. The van der Waals surface area contributed by atoms with E-state index < -0.39 is 18.0 Å². The Morgan fingerprint density at radius 3 is 2.80 bits per heavy atom. The lowest BCUT2D eigenvalue weighted by Gasteiger charge is -1.99. The Balaban J connectivity index is 2.54. The van der Waals surface area contributed by atoms with E-state index in [0.29, 0.717) is 0 Å². The lowest BCUT2D eigenvalue weighted by Crippen LogP contribution is -2.31. The molecule has 0 aromatic carbocycles. The zero-order valence-corrected chi connectivity index (χ0v) is 5.81. The number of rotatable bonds is 2. The molecule has 0 unspecified atom stereocenters. The van der Waals surface area contributed by atoms with E-state index in [2.05, 4.69) is 22.3 Å². The zero-order chi connectivity index (χ0) is 7.56. The number of ether oxygens (including phenoxy) is 1. The molecule has 1 aliphatic rings. The van der Waals surface area contributed by atoms with Crippen LogP contribution in [-0.2, 0) is 14.3 Å². The Kier molecular flexibility index (Phi) is 1.96. The predicted octanol–water partition coefficient (Wildman–Crippen LogP) is -0.625. The Bertz CT molecular complexity index is 191. The third kappa shape index (κ3) is 1.30. The monoisotopic (exact) mass is 159 g/mol. The van der Waals surface area contributed by atoms with Crippen LogP contribution in [0.25, 0.3) is 0 Å². The minimum atomic E-state index is -0.565. The fourth-order valence-electron chi connectivity index (χ4n) is 0.684. The maximum Gasteiger partial charge on any atom is 0.336 e. The van der Waals surface area contributed by atoms with Crippen molar-refractivity contribution in [2.24, 2.45) is 0 Å². The summed E-state index contributed by atoms with van der Waals surface area (Å²) in [5.41, 5.74) is 1.20. The van der Waals surface area contributed by atoms with E-state index in [1.807, 2.05) is 0 Å². The smallest absolute Gasteiger partial charge is 0.336 e. The third-order valence-corrected chi connectivity index (χ3v) is 1.28. The van der Waals surface area contributed by atoms with Crippen molar-refractivity contribution in [1.29, 1.82) is 0 Å². The summed E-state index contributed by atoms with van der Waals surface area (Å²) in [6.45, 7) is 0. The van der Waals surface area contributed by atoms with Crippen molar-refractivity contribution in [1.82, 2.24) is 5.32 Å². The van der Waals surface area contributed by atoms with Crippen molar-refractivity contribution in [3.05, 3.63) is 0 Å². The molecule has 1 atom stereocenters. The molecule has 0 aromatic heterocycles. The van der Waals surface area contributed by atoms with Crippen LogP contribution in [0.3, 0.4) is 0 Å². The lowest BCUT2D eigenvalue weighted by molar-refractivity contribution is -0.152. The molecule has 0 radical (unpaired) electrons. The fourth-order valence-corrected chi connectivity index (χ4v) is 0.848. The van der Waals surface area contributed by atoms with Gasteiger partial charge in [0.25, 0.3) is 0 Å². The number of esters is 2. The molecule has 1 saturated heterocycles. The molecular weight excluding hydrogens is 154 g/mol. The van der Waals surface area contributed by atoms with Gasteiger partial charge in [-0.05, 0) is 0 Å². The molecular formula is C5H5NO3S. The van der Waals surface area contributed by atoms with E-state index in [4.69, 9.17) is 0 Å². The van der Waals surface area contributed by atoms with E-state index in [1.54, 1.807) is 0 Å². The molecule has 1 heterocycles. The normalized spacial score (nSPS) is 24.2. The second-order valence-corrected chi connectivity index (χ2v) is 2.07. The van der Waals surface area contributed by atoms with Gasteiger partial charge in [-0.2, -0.15) is 0 Å². The molecule has 1 rings (SSSR count). The zero-order valence-electron chi connectivity index (χ0n) is 4.99. The van der Waals surface area contributed by atoms with Gasteiger partial charge in [-0.1, -0.05) is 12.2 Å². The molecule has 5 heteroatoms. The van der Waals surface area contributed by atoms with Crippen molar-refractivity contribution in [3.8, 4) is 0 Å². The number of hydrogen-bond donors (Lipinski definition) is 1. The van der Waals surface area contributed by atoms with Crippen molar-refractivity contribution in [3.63, 3.8) is 0 Å². The van der Waals surface area contributed by atoms with Gasteiger partial charge >= 0.3 is 11.9 Å². The first-order valence-corrected chi connectivity index (χ1v) is 3.15. The van der Waals surface area contributed by atoms with Gasteiger partial charge in [-0.15, -0.1) is 0 Å². The van der Waals surface area contributed by atoms with E-state index in [1.165, 1.54) is 5.49 Å². The topological polar surface area (TPSA) is 55.4 Å². The summed E-state index contributed by atoms with van der Waals surface area (Å²) in [5.74, 6) is -1.05. The summed E-state index contributed by atoms with van der Waals surface area (Å²) in [5, 5.41) is 2.52. The van der Waals surface area contributed by atoms with Crippen LogP contribution < -0.4 is 5.32 Å². The largest absolute Gasteiger partial charge is 0.392 e. The minimum Gasteiger partial charge on any atom is -0.392 e. The highest BCUT2D eigenvalue weighted by Crippen LogP contribution is 2.06. The van der Waals surface area contributed by atoms with Gasteiger partial charge < -0.3 is 10.1 Å². The van der Waals surface area contributed by atoms with Crippen LogP contribution in [0.1, 0.15) is 6.42 Å². The van der Waals surface area contributed by atoms with Gasteiger partial charge in [0, 0.05) is 0 Å². The van der Waals surface area contributed by atoms with Gasteiger partial charge in [0.05, 0.1) is 11.9 Å². The molecule has 4 nitrogen and oxygen atoms in total. The maximum absolute atomic E-state index is 10.6. The van der Waals surface area contributed by atoms with Gasteiger partial charge in [0.2, 0.25) is 0 Å². The number of thiocarbonyl (C=S) groups is 1. The number of nitrogens with one attached hydrogen (secondary N) is 1. The highest BCUT2D eigenvalue weighted by Gasteiger charge is 2.32. The number of carbonyl (C=O) groups excluding carboxylic acids is 2. The van der Waals surface area contributed by atoms with Crippen LogP contribution in [0.2, 0.25) is 0 Å².